The van der Waals surface area contributed by atoms with Gasteiger partial charge in [0, 0.05) is 24.7 Å². The second-order valence-corrected chi connectivity index (χ2v) is 5.68. The molecule has 0 aromatic heterocycles. The van der Waals surface area contributed by atoms with Gasteiger partial charge in [0.1, 0.15) is 6.10 Å². The van der Waals surface area contributed by atoms with Crippen LogP contribution in [0, 0.1) is 0 Å². The van der Waals surface area contributed by atoms with Gasteiger partial charge in [0.25, 0.3) is 11.8 Å². The van der Waals surface area contributed by atoms with Crippen LogP contribution < -0.4 is 5.32 Å². The summed E-state index contributed by atoms with van der Waals surface area (Å²) in [6.07, 6.45) is 1.16. The third-order valence-corrected chi connectivity index (χ3v) is 4.02. The number of ether oxygens (including phenoxy) is 1. The minimum Gasteiger partial charge on any atom is -0.368 e. The molecule has 7 heteroatoms. The van der Waals surface area contributed by atoms with Gasteiger partial charge < -0.3 is 10.1 Å². The Bertz CT molecular complexity index is 640. The third-order valence-electron chi connectivity index (χ3n) is 3.79. The van der Waals surface area contributed by atoms with Crippen molar-refractivity contribution in [1.29, 1.82) is 0 Å². The van der Waals surface area contributed by atoms with E-state index in [4.69, 9.17) is 16.3 Å². The standard InChI is InChI=1S/C15H15ClN2O4/c16-9-3-4-10-11(8-9)15(21)18(14(10)20)6-5-17-13(19)12-2-1-7-22-12/h3-4,8,12H,1-2,5-7H2,(H,17,19). The van der Waals surface area contributed by atoms with Crippen LogP contribution in [0.2, 0.25) is 5.02 Å². The molecule has 1 aromatic rings. The summed E-state index contributed by atoms with van der Waals surface area (Å²) in [5.41, 5.74) is 0.655. The molecule has 2 aliphatic rings. The van der Waals surface area contributed by atoms with Crippen molar-refractivity contribution in [2.24, 2.45) is 0 Å². The first-order valence-corrected chi connectivity index (χ1v) is 7.51. The van der Waals surface area contributed by atoms with Crippen molar-refractivity contribution >= 4 is 29.3 Å². The molecular weight excluding hydrogens is 308 g/mol. The van der Waals surface area contributed by atoms with Crippen molar-refractivity contribution < 1.29 is 19.1 Å². The molecule has 2 heterocycles. The number of benzene rings is 1. The van der Waals surface area contributed by atoms with E-state index in [9.17, 15) is 14.4 Å². The maximum Gasteiger partial charge on any atom is 0.261 e. The number of nitrogens with zero attached hydrogens (tertiary/aromatic N) is 1. The van der Waals surface area contributed by atoms with Gasteiger partial charge in [-0.25, -0.2) is 0 Å². The first-order chi connectivity index (χ1) is 10.6. The average Bonchev–Trinajstić information content (AvgIpc) is 3.10. The molecule has 22 heavy (non-hydrogen) atoms. The highest BCUT2D eigenvalue weighted by Gasteiger charge is 2.35. The van der Waals surface area contributed by atoms with Crippen LogP contribution in [-0.4, -0.2) is 48.4 Å². The lowest BCUT2D eigenvalue weighted by molar-refractivity contribution is -0.130. The lowest BCUT2D eigenvalue weighted by Crippen LogP contribution is -2.41. The Kier molecular flexibility index (Phi) is 4.13. The monoisotopic (exact) mass is 322 g/mol. The van der Waals surface area contributed by atoms with Crippen LogP contribution in [0.1, 0.15) is 33.6 Å². The van der Waals surface area contributed by atoms with Gasteiger partial charge in [-0.2, -0.15) is 0 Å². The average molecular weight is 323 g/mol. The Morgan fingerprint density at radius 1 is 1.32 bits per heavy atom. The van der Waals surface area contributed by atoms with Crippen molar-refractivity contribution in [3.05, 3.63) is 34.3 Å². The number of nitrogens with one attached hydrogen (secondary N) is 1. The fraction of sp³-hybridized carbons (Fsp3) is 0.400. The molecule has 1 unspecified atom stereocenters. The van der Waals surface area contributed by atoms with Crippen LogP contribution in [0.15, 0.2) is 18.2 Å². The van der Waals surface area contributed by atoms with Crippen molar-refractivity contribution in [1.82, 2.24) is 10.2 Å². The molecule has 3 rings (SSSR count). The van der Waals surface area contributed by atoms with Gasteiger partial charge in [0.15, 0.2) is 0 Å². The number of halogens is 1. The van der Waals surface area contributed by atoms with Crippen molar-refractivity contribution in [2.75, 3.05) is 19.7 Å². The lowest BCUT2D eigenvalue weighted by atomic mass is 10.1. The fourth-order valence-electron chi connectivity index (χ4n) is 2.66. The minimum absolute atomic E-state index is 0.127. The van der Waals surface area contributed by atoms with Crippen LogP contribution in [0.25, 0.3) is 0 Å². The summed E-state index contributed by atoms with van der Waals surface area (Å²) in [6, 6.07) is 4.61. The number of hydrogen-bond donors (Lipinski definition) is 1. The molecule has 1 saturated heterocycles. The van der Waals surface area contributed by atoms with Gasteiger partial charge in [-0.1, -0.05) is 11.6 Å². The van der Waals surface area contributed by atoms with E-state index in [2.05, 4.69) is 5.32 Å². The molecule has 0 saturated carbocycles. The van der Waals surface area contributed by atoms with E-state index in [0.29, 0.717) is 29.2 Å². The second-order valence-electron chi connectivity index (χ2n) is 5.24. The highest BCUT2D eigenvalue weighted by molar-refractivity contribution is 6.32. The zero-order valence-electron chi connectivity index (χ0n) is 11.8. The number of carbonyl (C=O) groups is 3. The molecule has 0 radical (unpaired) electrons. The van der Waals surface area contributed by atoms with Crippen LogP contribution in [-0.2, 0) is 9.53 Å². The summed E-state index contributed by atoms with van der Waals surface area (Å²) < 4.78 is 5.27. The van der Waals surface area contributed by atoms with E-state index < -0.39 is 6.10 Å². The topological polar surface area (TPSA) is 75.7 Å². The van der Waals surface area contributed by atoms with Gasteiger partial charge in [0.2, 0.25) is 5.91 Å². The second kappa shape index (κ2) is 6.06. The summed E-state index contributed by atoms with van der Waals surface area (Å²) in [7, 11) is 0. The molecule has 0 spiro atoms. The van der Waals surface area contributed by atoms with E-state index in [0.717, 1.165) is 11.3 Å². The van der Waals surface area contributed by atoms with Gasteiger partial charge in [-0.05, 0) is 31.0 Å². The summed E-state index contributed by atoms with van der Waals surface area (Å²) in [5.74, 6) is -0.936. The number of hydrogen-bond acceptors (Lipinski definition) is 4. The molecule has 1 atom stereocenters. The molecule has 6 nitrogen and oxygen atoms in total. The van der Waals surface area contributed by atoms with Crippen molar-refractivity contribution in [3.63, 3.8) is 0 Å². The molecule has 1 aromatic carbocycles. The van der Waals surface area contributed by atoms with E-state index >= 15 is 0 Å². The SMILES string of the molecule is O=C(NCCN1C(=O)c2ccc(Cl)cc2C1=O)C1CCCO1. The molecule has 0 bridgehead atoms. The number of rotatable bonds is 4. The van der Waals surface area contributed by atoms with Crippen LogP contribution in [0.5, 0.6) is 0 Å². The molecular formula is C15H15ClN2O4. The number of imide groups is 1. The highest BCUT2D eigenvalue weighted by atomic mass is 35.5. The summed E-state index contributed by atoms with van der Waals surface area (Å²) in [5, 5.41) is 3.11. The normalized spacial score (nSPS) is 20.4. The Balaban J connectivity index is 1.59. The van der Waals surface area contributed by atoms with E-state index in [1.165, 1.54) is 6.07 Å². The molecule has 3 amide bonds. The third kappa shape index (κ3) is 2.71. The minimum atomic E-state index is -0.416. The van der Waals surface area contributed by atoms with Gasteiger partial charge >= 0.3 is 0 Å². The molecule has 0 aliphatic carbocycles. The number of carbonyl (C=O) groups excluding carboxylic acids is 3. The predicted octanol–water partition coefficient (Wildman–Crippen LogP) is 1.23. The summed E-state index contributed by atoms with van der Waals surface area (Å²) >= 11 is 5.85. The largest absolute Gasteiger partial charge is 0.368 e. The zero-order valence-corrected chi connectivity index (χ0v) is 12.6. The van der Waals surface area contributed by atoms with E-state index in [1.54, 1.807) is 12.1 Å². The van der Waals surface area contributed by atoms with E-state index in [-0.39, 0.29) is 30.8 Å². The van der Waals surface area contributed by atoms with E-state index in [1.807, 2.05) is 0 Å². The summed E-state index contributed by atoms with van der Waals surface area (Å²) in [6.45, 7) is 0.928. The lowest BCUT2D eigenvalue weighted by Gasteiger charge is -2.15. The molecule has 2 aliphatic heterocycles. The first-order valence-electron chi connectivity index (χ1n) is 7.13. The fourth-order valence-corrected chi connectivity index (χ4v) is 2.83. The number of fused-ring (bicyclic) bond motifs is 1. The Labute approximate surface area is 132 Å². The number of amides is 3. The van der Waals surface area contributed by atoms with Gasteiger partial charge in [-0.3, -0.25) is 19.3 Å². The maximum absolute atomic E-state index is 12.2. The zero-order chi connectivity index (χ0) is 15.7. The highest BCUT2D eigenvalue weighted by Crippen LogP contribution is 2.25. The smallest absolute Gasteiger partial charge is 0.261 e. The molecule has 116 valence electrons. The van der Waals surface area contributed by atoms with Crippen LogP contribution in [0.3, 0.4) is 0 Å². The maximum atomic E-state index is 12.2. The van der Waals surface area contributed by atoms with Crippen molar-refractivity contribution in [3.8, 4) is 0 Å². The van der Waals surface area contributed by atoms with Crippen molar-refractivity contribution in [2.45, 2.75) is 18.9 Å². The molecule has 1 N–H and O–H groups in total. The quantitative estimate of drug-likeness (QED) is 0.846. The summed E-state index contributed by atoms with van der Waals surface area (Å²) in [4.78, 5) is 37.3. The van der Waals surface area contributed by atoms with Crippen LogP contribution >= 0.6 is 11.6 Å². The Morgan fingerprint density at radius 3 is 2.82 bits per heavy atom. The van der Waals surface area contributed by atoms with Crippen LogP contribution in [0.4, 0.5) is 0 Å². The van der Waals surface area contributed by atoms with Gasteiger partial charge in [-0.15, -0.1) is 0 Å². The molecule has 1 fully saturated rings. The Hall–Kier alpha value is -1.92. The van der Waals surface area contributed by atoms with Gasteiger partial charge in [0.05, 0.1) is 11.1 Å². The predicted molar refractivity (Wildman–Crippen MR) is 78.8 cm³/mol. The first kappa shape index (κ1) is 15.0. The Morgan fingerprint density at radius 2 is 2.09 bits per heavy atom.